The number of aliphatic carboxylic acids is 1. The highest BCUT2D eigenvalue weighted by molar-refractivity contribution is 9.10. The van der Waals surface area contributed by atoms with Crippen LogP contribution in [-0.4, -0.2) is 31.3 Å². The molecule has 0 aliphatic rings. The van der Waals surface area contributed by atoms with E-state index in [1.807, 2.05) is 18.2 Å². The Hall–Kier alpha value is -1.07. The van der Waals surface area contributed by atoms with Crippen LogP contribution in [0.2, 0.25) is 0 Å². The molecular weight excluding hydrogens is 310 g/mol. The van der Waals surface area contributed by atoms with Crippen LogP contribution in [0.4, 0.5) is 0 Å². The highest BCUT2D eigenvalue weighted by Crippen LogP contribution is 2.25. The number of hydrogen-bond acceptors (Lipinski definition) is 3. The second-order valence-corrected chi connectivity index (χ2v) is 5.94. The molecule has 0 spiro atoms. The third-order valence-electron chi connectivity index (χ3n) is 2.95. The van der Waals surface area contributed by atoms with Gasteiger partial charge in [-0.1, -0.05) is 6.07 Å². The summed E-state index contributed by atoms with van der Waals surface area (Å²) >= 11 is 3.44. The van der Waals surface area contributed by atoms with Crippen molar-refractivity contribution in [1.82, 2.24) is 5.32 Å². The number of benzene rings is 1. The molecule has 0 fully saturated rings. The predicted molar refractivity (Wildman–Crippen MR) is 78.7 cm³/mol. The van der Waals surface area contributed by atoms with Gasteiger partial charge in [0.05, 0.1) is 17.0 Å². The summed E-state index contributed by atoms with van der Waals surface area (Å²) in [6, 6.07) is 5.94. The predicted octanol–water partition coefficient (Wildman–Crippen LogP) is 2.70. The van der Waals surface area contributed by atoms with E-state index in [9.17, 15) is 4.79 Å². The van der Waals surface area contributed by atoms with Crippen LogP contribution in [0.1, 0.15) is 19.4 Å². The Morgan fingerprint density at radius 2 is 2.16 bits per heavy atom. The van der Waals surface area contributed by atoms with E-state index >= 15 is 0 Å². The van der Waals surface area contributed by atoms with E-state index in [4.69, 9.17) is 9.84 Å². The van der Waals surface area contributed by atoms with E-state index in [1.54, 1.807) is 21.0 Å². The molecule has 0 atom stereocenters. The molecule has 1 aromatic rings. The minimum Gasteiger partial charge on any atom is -0.496 e. The summed E-state index contributed by atoms with van der Waals surface area (Å²) in [5, 5.41) is 12.2. The number of rotatable bonds is 7. The molecule has 0 radical (unpaired) electrons. The molecule has 0 unspecified atom stereocenters. The van der Waals surface area contributed by atoms with Crippen molar-refractivity contribution in [2.45, 2.75) is 20.3 Å². The molecule has 0 aliphatic heterocycles. The van der Waals surface area contributed by atoms with Crippen molar-refractivity contribution in [2.24, 2.45) is 5.41 Å². The summed E-state index contributed by atoms with van der Waals surface area (Å²) in [6.45, 7) is 4.63. The zero-order chi connectivity index (χ0) is 14.5. The molecule has 0 aromatic heterocycles. The van der Waals surface area contributed by atoms with Crippen LogP contribution < -0.4 is 10.1 Å². The van der Waals surface area contributed by atoms with Crippen molar-refractivity contribution < 1.29 is 14.6 Å². The van der Waals surface area contributed by atoms with Crippen LogP contribution in [-0.2, 0) is 11.2 Å². The monoisotopic (exact) mass is 329 g/mol. The lowest BCUT2D eigenvalue weighted by Gasteiger charge is -2.19. The first-order valence-corrected chi connectivity index (χ1v) is 6.92. The lowest BCUT2D eigenvalue weighted by molar-refractivity contribution is -0.146. The fourth-order valence-electron chi connectivity index (χ4n) is 1.57. The third kappa shape index (κ3) is 4.84. The van der Waals surface area contributed by atoms with Crippen LogP contribution >= 0.6 is 15.9 Å². The Labute approximate surface area is 122 Å². The van der Waals surface area contributed by atoms with Crippen molar-refractivity contribution in [3.05, 3.63) is 28.2 Å². The van der Waals surface area contributed by atoms with Crippen molar-refractivity contribution in [3.63, 3.8) is 0 Å². The van der Waals surface area contributed by atoms with E-state index in [2.05, 4.69) is 21.2 Å². The van der Waals surface area contributed by atoms with Gasteiger partial charge in [0.2, 0.25) is 0 Å². The second kappa shape index (κ2) is 6.91. The molecule has 1 aromatic carbocycles. The smallest absolute Gasteiger partial charge is 0.310 e. The number of ether oxygens (including phenoxy) is 1. The van der Waals surface area contributed by atoms with Gasteiger partial charge >= 0.3 is 5.97 Å². The van der Waals surface area contributed by atoms with Gasteiger partial charge in [-0.05, 0) is 60.4 Å². The Kier molecular flexibility index (Phi) is 5.82. The Morgan fingerprint density at radius 1 is 1.47 bits per heavy atom. The zero-order valence-corrected chi connectivity index (χ0v) is 13.1. The number of nitrogens with one attached hydrogen (secondary N) is 1. The molecule has 0 saturated carbocycles. The summed E-state index contributed by atoms with van der Waals surface area (Å²) in [6.07, 6.45) is 0.846. The first-order valence-electron chi connectivity index (χ1n) is 6.13. The quantitative estimate of drug-likeness (QED) is 0.755. The van der Waals surface area contributed by atoms with E-state index in [0.717, 1.165) is 23.2 Å². The molecule has 4 nitrogen and oxygen atoms in total. The van der Waals surface area contributed by atoms with Crippen LogP contribution in [0.25, 0.3) is 0 Å². The largest absolute Gasteiger partial charge is 0.496 e. The number of carboxylic acid groups (broad SMARTS) is 1. The summed E-state index contributed by atoms with van der Waals surface area (Å²) in [5.74, 6) is 0.0240. The maximum absolute atomic E-state index is 10.9. The fourth-order valence-corrected chi connectivity index (χ4v) is 2.16. The molecule has 0 heterocycles. The first kappa shape index (κ1) is 16.0. The standard InChI is InChI=1S/C14H20BrNO3/c1-14(2,13(17)18)9-16-7-6-10-4-5-12(19-3)11(15)8-10/h4-5,8,16H,6-7,9H2,1-3H3,(H,17,18). The average molecular weight is 330 g/mol. The van der Waals surface area contributed by atoms with Crippen molar-refractivity contribution in [1.29, 1.82) is 0 Å². The molecule has 0 bridgehead atoms. The first-order chi connectivity index (χ1) is 8.86. The number of halogens is 1. The summed E-state index contributed by atoms with van der Waals surface area (Å²) in [5.41, 5.74) is 0.439. The topological polar surface area (TPSA) is 58.6 Å². The van der Waals surface area contributed by atoms with Gasteiger partial charge in [0, 0.05) is 6.54 Å². The zero-order valence-electron chi connectivity index (χ0n) is 11.5. The maximum Gasteiger partial charge on any atom is 0.310 e. The highest BCUT2D eigenvalue weighted by atomic mass is 79.9. The Bertz CT molecular complexity index is 446. The molecule has 5 heteroatoms. The molecule has 2 N–H and O–H groups in total. The highest BCUT2D eigenvalue weighted by Gasteiger charge is 2.26. The van der Waals surface area contributed by atoms with E-state index in [-0.39, 0.29) is 0 Å². The lowest BCUT2D eigenvalue weighted by Crippen LogP contribution is -2.36. The Morgan fingerprint density at radius 3 is 2.68 bits per heavy atom. The number of methoxy groups -OCH3 is 1. The fraction of sp³-hybridized carbons (Fsp3) is 0.500. The maximum atomic E-state index is 10.9. The van der Waals surface area contributed by atoms with Crippen molar-refractivity contribution >= 4 is 21.9 Å². The van der Waals surface area contributed by atoms with Crippen LogP contribution in [0, 0.1) is 5.41 Å². The Balaban J connectivity index is 2.42. The van der Waals surface area contributed by atoms with Crippen LogP contribution in [0.15, 0.2) is 22.7 Å². The molecular formula is C14H20BrNO3. The summed E-state index contributed by atoms with van der Waals surface area (Å²) < 4.78 is 6.10. The third-order valence-corrected chi connectivity index (χ3v) is 3.57. The van der Waals surface area contributed by atoms with Crippen molar-refractivity contribution in [2.75, 3.05) is 20.2 Å². The van der Waals surface area contributed by atoms with Gasteiger partial charge in [-0.15, -0.1) is 0 Å². The number of carbonyl (C=O) groups is 1. The van der Waals surface area contributed by atoms with Gasteiger partial charge in [-0.2, -0.15) is 0 Å². The molecule has 0 aliphatic carbocycles. The average Bonchev–Trinajstić information content (AvgIpc) is 2.34. The SMILES string of the molecule is COc1ccc(CCNCC(C)(C)C(=O)O)cc1Br. The normalized spacial score (nSPS) is 11.4. The second-order valence-electron chi connectivity index (χ2n) is 5.08. The molecule has 106 valence electrons. The van der Waals surface area contributed by atoms with E-state index < -0.39 is 11.4 Å². The minimum atomic E-state index is -0.785. The van der Waals surface area contributed by atoms with Gasteiger partial charge in [0.1, 0.15) is 5.75 Å². The van der Waals surface area contributed by atoms with E-state index in [1.165, 1.54) is 5.56 Å². The molecule has 0 amide bonds. The van der Waals surface area contributed by atoms with Crippen LogP contribution in [0.5, 0.6) is 5.75 Å². The van der Waals surface area contributed by atoms with Gasteiger partial charge in [-0.25, -0.2) is 0 Å². The van der Waals surface area contributed by atoms with Gasteiger partial charge in [-0.3, -0.25) is 4.79 Å². The molecule has 1 rings (SSSR count). The van der Waals surface area contributed by atoms with Gasteiger partial charge in [0.15, 0.2) is 0 Å². The van der Waals surface area contributed by atoms with E-state index in [0.29, 0.717) is 6.54 Å². The number of carboxylic acids is 1. The van der Waals surface area contributed by atoms with Crippen molar-refractivity contribution in [3.8, 4) is 5.75 Å². The lowest BCUT2D eigenvalue weighted by atomic mass is 9.94. The van der Waals surface area contributed by atoms with Gasteiger partial charge < -0.3 is 15.2 Å². The summed E-state index contributed by atoms with van der Waals surface area (Å²) in [7, 11) is 1.63. The van der Waals surface area contributed by atoms with Gasteiger partial charge in [0.25, 0.3) is 0 Å². The molecule has 19 heavy (non-hydrogen) atoms. The summed E-state index contributed by atoms with van der Waals surface area (Å²) in [4.78, 5) is 10.9. The minimum absolute atomic E-state index is 0.458. The van der Waals surface area contributed by atoms with Crippen LogP contribution in [0.3, 0.4) is 0 Å². The molecule has 0 saturated heterocycles. The number of hydrogen-bond donors (Lipinski definition) is 2.